The van der Waals surface area contributed by atoms with Crippen molar-refractivity contribution in [3.8, 4) is 5.75 Å². The third-order valence-electron chi connectivity index (χ3n) is 6.07. The van der Waals surface area contributed by atoms with Crippen LogP contribution in [0.5, 0.6) is 5.75 Å². The normalized spacial score (nSPS) is 31.8. The van der Waals surface area contributed by atoms with Crippen LogP contribution in [0.4, 0.5) is 13.2 Å². The molecule has 2 atom stereocenters. The molecule has 0 spiro atoms. The van der Waals surface area contributed by atoms with Crippen LogP contribution in [-0.2, 0) is 10.2 Å². The molecule has 4 fully saturated rings. The molecule has 0 radical (unpaired) electrons. The zero-order valence-electron chi connectivity index (χ0n) is 15.1. The Hall–Kier alpha value is -2.29. The van der Waals surface area contributed by atoms with Gasteiger partial charge in [-0.25, -0.2) is 13.2 Å². The molecule has 2 aromatic rings. The molecule has 1 N–H and O–H groups in total. The Bertz CT molecular complexity index is 963. The van der Waals surface area contributed by atoms with Gasteiger partial charge in [-0.05, 0) is 37.8 Å². The number of amides is 1. The lowest BCUT2D eigenvalue weighted by atomic mass is 9.39. The third-order valence-corrected chi connectivity index (χ3v) is 6.38. The Labute approximate surface area is 168 Å². The first-order valence-corrected chi connectivity index (χ1v) is 9.68. The summed E-state index contributed by atoms with van der Waals surface area (Å²) in [5, 5.41) is 10.9. The van der Waals surface area contributed by atoms with Crippen molar-refractivity contribution in [1.82, 2.24) is 15.5 Å². The van der Waals surface area contributed by atoms with Crippen LogP contribution < -0.4 is 10.1 Å². The summed E-state index contributed by atoms with van der Waals surface area (Å²) in [6.45, 7) is -0.239. The molecule has 4 aliphatic rings. The molecule has 1 heterocycles. The number of ether oxygens (including phenoxy) is 1. The van der Waals surface area contributed by atoms with Crippen molar-refractivity contribution in [3.63, 3.8) is 0 Å². The zero-order chi connectivity index (χ0) is 20.4. The quantitative estimate of drug-likeness (QED) is 0.730. The third kappa shape index (κ3) is 3.15. The standard InChI is InChI=1S/C19H17ClF3N3O3/c20-12-2-1-9(3-13(12)21)28-5-14(27)24-19-6-18(7-19,8-19)17-26-25-16(29-17)11-4-10(11)15(22)23/h1-3,10-11,15H,4-8H2,(H,24,27)/t10-,11-,18?,19?/m0/s1. The average Bonchev–Trinajstić information content (AvgIpc) is 3.28. The Morgan fingerprint density at radius 1 is 1.34 bits per heavy atom. The topological polar surface area (TPSA) is 77.2 Å². The molecular weight excluding hydrogens is 411 g/mol. The van der Waals surface area contributed by atoms with Crippen molar-refractivity contribution >= 4 is 17.5 Å². The van der Waals surface area contributed by atoms with E-state index in [-0.39, 0.29) is 46.0 Å². The number of hydrogen-bond acceptors (Lipinski definition) is 5. The number of alkyl halides is 2. The lowest BCUT2D eigenvalue weighted by Crippen LogP contribution is -2.77. The largest absolute Gasteiger partial charge is 0.484 e. The van der Waals surface area contributed by atoms with Crippen LogP contribution in [0, 0.1) is 11.7 Å². The van der Waals surface area contributed by atoms with Crippen LogP contribution in [0.3, 0.4) is 0 Å². The molecule has 0 unspecified atom stereocenters. The van der Waals surface area contributed by atoms with E-state index in [0.717, 1.165) is 6.07 Å². The van der Waals surface area contributed by atoms with E-state index in [4.69, 9.17) is 20.8 Å². The number of carbonyl (C=O) groups excluding carboxylic acids is 1. The average molecular weight is 428 g/mol. The number of nitrogens with zero attached hydrogens (tertiary/aromatic N) is 2. The zero-order valence-corrected chi connectivity index (χ0v) is 15.9. The number of rotatable bonds is 7. The molecular formula is C19H17ClF3N3O3. The van der Waals surface area contributed by atoms with E-state index in [9.17, 15) is 18.0 Å². The van der Waals surface area contributed by atoms with Crippen LogP contribution in [0.1, 0.15) is 43.4 Å². The molecule has 1 amide bonds. The van der Waals surface area contributed by atoms with Crippen LogP contribution in [0.2, 0.25) is 5.02 Å². The number of benzene rings is 1. The van der Waals surface area contributed by atoms with Crippen molar-refractivity contribution < 1.29 is 27.1 Å². The van der Waals surface area contributed by atoms with Gasteiger partial charge in [-0.2, -0.15) is 0 Å². The monoisotopic (exact) mass is 427 g/mol. The van der Waals surface area contributed by atoms with Crippen LogP contribution in [0.25, 0.3) is 0 Å². The number of hydrogen-bond donors (Lipinski definition) is 1. The van der Waals surface area contributed by atoms with Gasteiger partial charge in [0.2, 0.25) is 18.2 Å². The first-order chi connectivity index (χ1) is 13.8. The van der Waals surface area contributed by atoms with Gasteiger partial charge in [0.15, 0.2) is 6.61 Å². The molecule has 6 nitrogen and oxygen atoms in total. The van der Waals surface area contributed by atoms with E-state index in [1.807, 2.05) is 0 Å². The van der Waals surface area contributed by atoms with Crippen LogP contribution in [0.15, 0.2) is 22.6 Å². The maximum atomic E-state index is 13.4. The molecule has 0 aliphatic heterocycles. The van der Waals surface area contributed by atoms with Gasteiger partial charge in [0.25, 0.3) is 5.91 Å². The highest BCUT2D eigenvalue weighted by Crippen LogP contribution is 2.67. The molecule has 1 aromatic carbocycles. The minimum Gasteiger partial charge on any atom is -0.484 e. The van der Waals surface area contributed by atoms with E-state index < -0.39 is 18.2 Å². The van der Waals surface area contributed by atoms with Gasteiger partial charge < -0.3 is 14.5 Å². The lowest BCUT2D eigenvalue weighted by molar-refractivity contribution is -0.143. The van der Waals surface area contributed by atoms with E-state index >= 15 is 0 Å². The van der Waals surface area contributed by atoms with E-state index in [0.29, 0.717) is 31.6 Å². The Kier molecular flexibility index (Phi) is 4.10. The second kappa shape index (κ2) is 6.35. The first kappa shape index (κ1) is 18.7. The van der Waals surface area contributed by atoms with Crippen molar-refractivity contribution in [2.24, 2.45) is 5.92 Å². The summed E-state index contributed by atoms with van der Waals surface area (Å²) in [6, 6.07) is 3.97. The van der Waals surface area contributed by atoms with Gasteiger partial charge in [-0.3, -0.25) is 4.79 Å². The van der Waals surface area contributed by atoms with E-state index in [1.165, 1.54) is 12.1 Å². The minimum atomic E-state index is -2.37. The first-order valence-electron chi connectivity index (χ1n) is 9.30. The number of aromatic nitrogens is 2. The maximum Gasteiger partial charge on any atom is 0.258 e. The van der Waals surface area contributed by atoms with Crippen molar-refractivity contribution in [1.29, 1.82) is 0 Å². The summed E-state index contributed by atoms with van der Waals surface area (Å²) in [5.74, 6) is -0.971. The summed E-state index contributed by atoms with van der Waals surface area (Å²) >= 11 is 5.61. The predicted molar refractivity (Wildman–Crippen MR) is 94.5 cm³/mol. The Balaban J connectivity index is 1.12. The molecule has 29 heavy (non-hydrogen) atoms. The summed E-state index contributed by atoms with van der Waals surface area (Å²) < 4.78 is 49.8. The molecule has 2 bridgehead atoms. The molecule has 1 aromatic heterocycles. The van der Waals surface area contributed by atoms with E-state index in [1.54, 1.807) is 0 Å². The molecule has 4 saturated carbocycles. The summed E-state index contributed by atoms with van der Waals surface area (Å²) in [7, 11) is 0. The summed E-state index contributed by atoms with van der Waals surface area (Å²) in [4.78, 5) is 12.2. The fourth-order valence-electron chi connectivity index (χ4n) is 4.57. The van der Waals surface area contributed by atoms with Gasteiger partial charge in [-0.1, -0.05) is 11.6 Å². The lowest BCUT2D eigenvalue weighted by Gasteiger charge is -2.68. The van der Waals surface area contributed by atoms with Gasteiger partial charge in [0.05, 0.1) is 10.4 Å². The second-order valence-corrected chi connectivity index (χ2v) is 8.70. The highest BCUT2D eigenvalue weighted by atomic mass is 35.5. The smallest absolute Gasteiger partial charge is 0.258 e. The van der Waals surface area contributed by atoms with E-state index in [2.05, 4.69) is 15.5 Å². The number of carbonyl (C=O) groups is 1. The highest BCUT2D eigenvalue weighted by Gasteiger charge is 2.72. The second-order valence-electron chi connectivity index (χ2n) is 8.29. The minimum absolute atomic E-state index is 0.0171. The van der Waals surface area contributed by atoms with Gasteiger partial charge in [0.1, 0.15) is 11.6 Å². The summed E-state index contributed by atoms with van der Waals surface area (Å²) in [6.07, 6.45) is -0.0108. The maximum absolute atomic E-state index is 13.4. The Morgan fingerprint density at radius 3 is 2.76 bits per heavy atom. The van der Waals surface area contributed by atoms with Crippen LogP contribution in [-0.4, -0.2) is 34.7 Å². The molecule has 154 valence electrons. The van der Waals surface area contributed by atoms with Crippen molar-refractivity contribution in [2.75, 3.05) is 6.61 Å². The van der Waals surface area contributed by atoms with Crippen molar-refractivity contribution in [2.45, 2.75) is 49.0 Å². The van der Waals surface area contributed by atoms with Gasteiger partial charge >= 0.3 is 0 Å². The fourth-order valence-corrected chi connectivity index (χ4v) is 4.69. The van der Waals surface area contributed by atoms with Gasteiger partial charge in [0, 0.05) is 23.4 Å². The van der Waals surface area contributed by atoms with Crippen LogP contribution >= 0.6 is 11.6 Å². The number of halogens is 4. The fraction of sp³-hybridized carbons (Fsp3) is 0.526. The molecule has 10 heteroatoms. The van der Waals surface area contributed by atoms with Crippen molar-refractivity contribution in [3.05, 3.63) is 40.8 Å². The predicted octanol–water partition coefficient (Wildman–Crippen LogP) is 3.60. The Morgan fingerprint density at radius 2 is 2.10 bits per heavy atom. The SMILES string of the molecule is O=C(COc1ccc(Cl)c(F)c1)NC12CC(c3nnc([C@H]4C[C@@H]4C(F)F)o3)(C1)C2. The number of nitrogens with one attached hydrogen (secondary N) is 1. The highest BCUT2D eigenvalue weighted by molar-refractivity contribution is 6.30. The molecule has 6 rings (SSSR count). The summed E-state index contributed by atoms with van der Waals surface area (Å²) in [5.41, 5.74) is -0.598. The molecule has 4 aliphatic carbocycles. The van der Waals surface area contributed by atoms with Gasteiger partial charge in [-0.15, -0.1) is 10.2 Å². The molecule has 0 saturated heterocycles.